The number of hydrogen-bond donors (Lipinski definition) is 2. The highest BCUT2D eigenvalue weighted by atomic mass is 19.1. The van der Waals surface area contributed by atoms with E-state index in [1.165, 1.54) is 12.1 Å². The molecule has 3 aromatic rings. The lowest BCUT2D eigenvalue weighted by molar-refractivity contribution is 0.372. The third-order valence-corrected chi connectivity index (χ3v) is 4.23. The normalized spacial score (nSPS) is 11.8. The lowest BCUT2D eigenvalue weighted by Gasteiger charge is -2.09. The molecule has 0 spiro atoms. The number of benzene rings is 1. The predicted octanol–water partition coefficient (Wildman–Crippen LogP) is 3.03. The van der Waals surface area contributed by atoms with Gasteiger partial charge in [0.2, 0.25) is 0 Å². The van der Waals surface area contributed by atoms with Crippen molar-refractivity contribution in [3.05, 3.63) is 65.6 Å². The van der Waals surface area contributed by atoms with Crippen LogP contribution in [0.5, 0.6) is 0 Å². The van der Waals surface area contributed by atoms with E-state index in [1.54, 1.807) is 23.9 Å². The van der Waals surface area contributed by atoms with Gasteiger partial charge in [-0.1, -0.05) is 19.0 Å². The standard InChI is InChI=1S/C20H25FN6O/c1-14(2)19-12-18(28-26-19)13-24-20(22-3)23-10-8-16-9-11-27(25-16)17-6-4-15(21)5-7-17/h4-7,9,11-12,14H,8,10,13H2,1-3H3,(H2,22,23,24). The molecule has 8 heteroatoms. The number of hydrogen-bond acceptors (Lipinski definition) is 4. The summed E-state index contributed by atoms with van der Waals surface area (Å²) >= 11 is 0. The number of guanidine groups is 1. The van der Waals surface area contributed by atoms with Gasteiger partial charge in [-0.05, 0) is 36.2 Å². The summed E-state index contributed by atoms with van der Waals surface area (Å²) in [6, 6.07) is 10.1. The van der Waals surface area contributed by atoms with Crippen molar-refractivity contribution in [3.63, 3.8) is 0 Å². The second kappa shape index (κ2) is 9.16. The maximum Gasteiger partial charge on any atom is 0.191 e. The van der Waals surface area contributed by atoms with E-state index < -0.39 is 0 Å². The van der Waals surface area contributed by atoms with Crippen LogP contribution >= 0.6 is 0 Å². The summed E-state index contributed by atoms with van der Waals surface area (Å²) in [6.07, 6.45) is 2.60. The molecule has 0 bridgehead atoms. The van der Waals surface area contributed by atoms with E-state index in [1.807, 2.05) is 18.3 Å². The van der Waals surface area contributed by atoms with Crippen LogP contribution in [0, 0.1) is 5.82 Å². The summed E-state index contributed by atoms with van der Waals surface area (Å²) in [6.45, 7) is 5.34. The van der Waals surface area contributed by atoms with Crippen LogP contribution in [-0.4, -0.2) is 34.5 Å². The topological polar surface area (TPSA) is 80.3 Å². The average molecular weight is 384 g/mol. The summed E-state index contributed by atoms with van der Waals surface area (Å²) in [5.74, 6) is 1.53. The van der Waals surface area contributed by atoms with Gasteiger partial charge in [0.05, 0.1) is 23.6 Å². The number of aromatic nitrogens is 3. The maximum atomic E-state index is 13.0. The van der Waals surface area contributed by atoms with Crippen LogP contribution in [0.4, 0.5) is 4.39 Å². The van der Waals surface area contributed by atoms with Crippen molar-refractivity contribution >= 4 is 5.96 Å². The van der Waals surface area contributed by atoms with E-state index in [-0.39, 0.29) is 5.82 Å². The fraction of sp³-hybridized carbons (Fsp3) is 0.350. The molecule has 0 radical (unpaired) electrons. The summed E-state index contributed by atoms with van der Waals surface area (Å²) < 4.78 is 20.1. The maximum absolute atomic E-state index is 13.0. The molecule has 2 N–H and O–H groups in total. The highest BCUT2D eigenvalue weighted by molar-refractivity contribution is 5.79. The minimum atomic E-state index is -0.259. The van der Waals surface area contributed by atoms with E-state index in [0.717, 1.165) is 29.3 Å². The first-order valence-corrected chi connectivity index (χ1v) is 9.25. The van der Waals surface area contributed by atoms with Gasteiger partial charge in [0.25, 0.3) is 0 Å². The van der Waals surface area contributed by atoms with Crippen LogP contribution in [0.1, 0.15) is 36.9 Å². The summed E-state index contributed by atoms with van der Waals surface area (Å²) in [7, 11) is 1.72. The zero-order valence-corrected chi connectivity index (χ0v) is 16.3. The van der Waals surface area contributed by atoms with E-state index in [2.05, 4.69) is 39.7 Å². The van der Waals surface area contributed by atoms with E-state index >= 15 is 0 Å². The first kappa shape index (κ1) is 19.6. The molecule has 3 rings (SSSR count). The zero-order chi connectivity index (χ0) is 19.9. The van der Waals surface area contributed by atoms with Gasteiger partial charge >= 0.3 is 0 Å². The van der Waals surface area contributed by atoms with Crippen LogP contribution in [0.2, 0.25) is 0 Å². The van der Waals surface area contributed by atoms with Gasteiger partial charge in [0.1, 0.15) is 5.82 Å². The zero-order valence-electron chi connectivity index (χ0n) is 16.3. The van der Waals surface area contributed by atoms with Crippen molar-refractivity contribution in [2.24, 2.45) is 4.99 Å². The summed E-state index contributed by atoms with van der Waals surface area (Å²) in [5.41, 5.74) is 2.70. The fourth-order valence-corrected chi connectivity index (χ4v) is 2.62. The molecule has 2 aromatic heterocycles. The molecule has 0 fully saturated rings. The number of nitrogens with zero attached hydrogens (tertiary/aromatic N) is 4. The van der Waals surface area contributed by atoms with Gasteiger partial charge in [-0.15, -0.1) is 0 Å². The molecule has 0 unspecified atom stereocenters. The molecule has 28 heavy (non-hydrogen) atoms. The molecule has 0 aliphatic heterocycles. The van der Waals surface area contributed by atoms with Crippen molar-refractivity contribution in [1.29, 1.82) is 0 Å². The Morgan fingerprint density at radius 1 is 1.21 bits per heavy atom. The Morgan fingerprint density at radius 3 is 2.68 bits per heavy atom. The van der Waals surface area contributed by atoms with Crippen LogP contribution in [-0.2, 0) is 13.0 Å². The van der Waals surface area contributed by atoms with Gasteiger partial charge in [0, 0.05) is 32.3 Å². The Kier molecular flexibility index (Phi) is 6.41. The first-order chi connectivity index (χ1) is 13.5. The summed E-state index contributed by atoms with van der Waals surface area (Å²) in [5, 5.41) is 15.0. The molecule has 0 aliphatic rings. The Hall–Kier alpha value is -3.16. The van der Waals surface area contributed by atoms with Crippen molar-refractivity contribution in [2.75, 3.05) is 13.6 Å². The number of aliphatic imine (C=N–C) groups is 1. The van der Waals surface area contributed by atoms with Crippen LogP contribution in [0.15, 0.2) is 52.1 Å². The smallest absolute Gasteiger partial charge is 0.191 e. The molecular weight excluding hydrogens is 359 g/mol. The van der Waals surface area contributed by atoms with Crippen LogP contribution < -0.4 is 10.6 Å². The molecule has 0 amide bonds. The second-order valence-electron chi connectivity index (χ2n) is 6.70. The van der Waals surface area contributed by atoms with Gasteiger partial charge in [-0.2, -0.15) is 5.10 Å². The molecule has 0 aliphatic carbocycles. The highest BCUT2D eigenvalue weighted by Crippen LogP contribution is 2.13. The van der Waals surface area contributed by atoms with Crippen molar-refractivity contribution in [1.82, 2.24) is 25.6 Å². The SMILES string of the molecule is CN=C(NCCc1ccn(-c2ccc(F)cc2)n1)NCc1cc(C(C)C)no1. The Bertz CT molecular complexity index is 913. The van der Waals surface area contributed by atoms with Crippen LogP contribution in [0.3, 0.4) is 0 Å². The average Bonchev–Trinajstić information content (AvgIpc) is 3.35. The van der Waals surface area contributed by atoms with Gasteiger partial charge in [-0.3, -0.25) is 4.99 Å². The second-order valence-corrected chi connectivity index (χ2v) is 6.70. The van der Waals surface area contributed by atoms with E-state index in [4.69, 9.17) is 4.52 Å². The highest BCUT2D eigenvalue weighted by Gasteiger charge is 2.08. The molecule has 0 atom stereocenters. The number of nitrogens with one attached hydrogen (secondary N) is 2. The van der Waals surface area contributed by atoms with Gasteiger partial charge in [0.15, 0.2) is 11.7 Å². The summed E-state index contributed by atoms with van der Waals surface area (Å²) in [4.78, 5) is 4.21. The number of rotatable bonds is 7. The van der Waals surface area contributed by atoms with Crippen molar-refractivity contribution < 1.29 is 8.91 Å². The van der Waals surface area contributed by atoms with E-state index in [0.29, 0.717) is 25.0 Å². The Labute approximate surface area is 163 Å². The van der Waals surface area contributed by atoms with Crippen LogP contribution in [0.25, 0.3) is 5.69 Å². The Morgan fingerprint density at radius 2 is 2.00 bits per heavy atom. The third kappa shape index (κ3) is 5.18. The molecule has 0 saturated heterocycles. The fourth-order valence-electron chi connectivity index (χ4n) is 2.62. The molecule has 2 heterocycles. The van der Waals surface area contributed by atoms with Crippen molar-refractivity contribution in [3.8, 4) is 5.69 Å². The lowest BCUT2D eigenvalue weighted by Crippen LogP contribution is -2.37. The molecule has 0 saturated carbocycles. The largest absolute Gasteiger partial charge is 0.359 e. The first-order valence-electron chi connectivity index (χ1n) is 9.25. The molecular formula is C20H25FN6O. The number of halogens is 1. The monoisotopic (exact) mass is 384 g/mol. The Balaban J connectivity index is 1.46. The van der Waals surface area contributed by atoms with E-state index in [9.17, 15) is 4.39 Å². The predicted molar refractivity (Wildman–Crippen MR) is 106 cm³/mol. The lowest BCUT2D eigenvalue weighted by atomic mass is 10.1. The molecule has 148 valence electrons. The molecule has 7 nitrogen and oxygen atoms in total. The van der Waals surface area contributed by atoms with Crippen molar-refractivity contribution in [2.45, 2.75) is 32.7 Å². The minimum absolute atomic E-state index is 0.259. The quantitative estimate of drug-likeness (QED) is 0.483. The van der Waals surface area contributed by atoms with Gasteiger partial charge in [-0.25, -0.2) is 9.07 Å². The molecule has 1 aromatic carbocycles. The third-order valence-electron chi connectivity index (χ3n) is 4.23. The van der Waals surface area contributed by atoms with Gasteiger partial charge < -0.3 is 15.2 Å². The minimum Gasteiger partial charge on any atom is -0.359 e.